The molecule has 12 heteroatoms. The van der Waals surface area contributed by atoms with Crippen LogP contribution in [-0.2, 0) is 20.0 Å². The number of alkyl halides is 1. The normalized spacial score (nSPS) is 28.8. The maximum Gasteiger partial charge on any atom is 0.323 e. The third-order valence-corrected chi connectivity index (χ3v) is 4.80. The number of nitrogens with one attached hydrogen (secondary N) is 1. The van der Waals surface area contributed by atoms with Gasteiger partial charge in [-0.15, -0.1) is 0 Å². The highest BCUT2D eigenvalue weighted by atomic mass is 19.2. The molecule has 11 nitrogen and oxygen atoms in total. The van der Waals surface area contributed by atoms with Crippen molar-refractivity contribution in [2.24, 2.45) is 11.7 Å². The number of aromatic amines is 1. The van der Waals surface area contributed by atoms with Crippen LogP contribution in [0.1, 0.15) is 27.2 Å². The zero-order valence-corrected chi connectivity index (χ0v) is 15.7. The van der Waals surface area contributed by atoms with Crippen molar-refractivity contribution in [3.8, 4) is 0 Å². The first-order valence-corrected chi connectivity index (χ1v) is 8.69. The van der Waals surface area contributed by atoms with Gasteiger partial charge in [-0.3, -0.25) is 19.1 Å². The summed E-state index contributed by atoms with van der Waals surface area (Å²) in [6, 6.07) is -0.926. The summed E-state index contributed by atoms with van der Waals surface area (Å²) >= 11 is 0. The molecule has 0 spiro atoms. The van der Waals surface area contributed by atoms with Crippen molar-refractivity contribution >= 4 is 23.1 Å². The lowest BCUT2D eigenvalue weighted by atomic mass is 10.1. The van der Waals surface area contributed by atoms with Gasteiger partial charge in [-0.2, -0.15) is 4.98 Å². The van der Waals surface area contributed by atoms with Gasteiger partial charge in [0.05, 0.1) is 6.33 Å². The summed E-state index contributed by atoms with van der Waals surface area (Å²) in [6.07, 6.45) is -0.583. The Kier molecular flexibility index (Phi) is 4.89. The van der Waals surface area contributed by atoms with Gasteiger partial charge in [0.15, 0.2) is 23.5 Å². The molecule has 0 aromatic carbocycles. The van der Waals surface area contributed by atoms with Crippen molar-refractivity contribution in [1.29, 1.82) is 0 Å². The minimum absolute atomic E-state index is 0.0146. The Balaban J connectivity index is 1.86. The molecule has 3 rings (SSSR count). The lowest BCUT2D eigenvalue weighted by molar-refractivity contribution is -0.241. The summed E-state index contributed by atoms with van der Waals surface area (Å²) in [5.74, 6) is -3.82. The Hall–Kier alpha value is -2.57. The molecule has 1 saturated heterocycles. The summed E-state index contributed by atoms with van der Waals surface area (Å²) in [7, 11) is 0. The number of halogens is 1. The number of imidazole rings is 1. The van der Waals surface area contributed by atoms with Crippen molar-refractivity contribution in [3.05, 3.63) is 16.7 Å². The van der Waals surface area contributed by atoms with E-state index in [9.17, 15) is 14.7 Å². The number of rotatable bonds is 5. The van der Waals surface area contributed by atoms with Crippen molar-refractivity contribution in [2.75, 3.05) is 12.3 Å². The average molecular weight is 398 g/mol. The zero-order chi connectivity index (χ0) is 20.9. The second kappa shape index (κ2) is 6.79. The molecule has 0 radical (unpaired) electrons. The molecule has 0 unspecified atom stereocenters. The van der Waals surface area contributed by atoms with Gasteiger partial charge in [-0.1, -0.05) is 13.8 Å². The number of fused-ring (bicyclic) bond motifs is 1. The number of aliphatic hydroxyl groups is 1. The number of carbonyl (C=O) groups is 1. The van der Waals surface area contributed by atoms with Crippen LogP contribution in [0, 0.1) is 5.92 Å². The van der Waals surface area contributed by atoms with E-state index in [2.05, 4.69) is 15.0 Å². The number of aromatic nitrogens is 4. The first-order valence-electron chi connectivity index (χ1n) is 8.69. The van der Waals surface area contributed by atoms with Crippen LogP contribution in [0.15, 0.2) is 11.1 Å². The first-order chi connectivity index (χ1) is 13.0. The van der Waals surface area contributed by atoms with Crippen LogP contribution >= 0.6 is 0 Å². The number of nitrogen functional groups attached to an aromatic ring is 1. The number of esters is 1. The van der Waals surface area contributed by atoms with Crippen molar-refractivity contribution < 1.29 is 23.8 Å². The molecule has 28 heavy (non-hydrogen) atoms. The quantitative estimate of drug-likeness (QED) is 0.477. The minimum Gasteiger partial charge on any atom is -0.458 e. The van der Waals surface area contributed by atoms with Crippen LogP contribution in [-0.4, -0.2) is 55.2 Å². The fourth-order valence-electron chi connectivity index (χ4n) is 3.07. The molecule has 1 fully saturated rings. The van der Waals surface area contributed by atoms with E-state index in [4.69, 9.17) is 20.9 Å². The van der Waals surface area contributed by atoms with Gasteiger partial charge in [0, 0.05) is 6.42 Å². The SMILES string of the molecule is CC(C)[C@H](N)C(=O)OC[C@@]1(F)O[C@@](C)(n2cnc3c(=O)[nH]c(N)nc32)C[C@@H]1O. The average Bonchev–Trinajstić information content (AvgIpc) is 3.12. The molecule has 2 aromatic heterocycles. The van der Waals surface area contributed by atoms with Crippen LogP contribution in [0.3, 0.4) is 0 Å². The predicted octanol–water partition coefficient (Wildman–Crippen LogP) is -0.652. The molecular weight excluding hydrogens is 375 g/mol. The Morgan fingerprint density at radius 2 is 2.29 bits per heavy atom. The van der Waals surface area contributed by atoms with Crippen LogP contribution in [0.25, 0.3) is 11.2 Å². The molecule has 0 bridgehead atoms. The van der Waals surface area contributed by atoms with E-state index < -0.39 is 41.9 Å². The Labute approximate surface area is 158 Å². The molecule has 1 aliphatic heterocycles. The van der Waals surface area contributed by atoms with Crippen LogP contribution in [0.5, 0.6) is 0 Å². The van der Waals surface area contributed by atoms with Gasteiger partial charge in [-0.25, -0.2) is 9.37 Å². The second-order valence-electron chi connectivity index (χ2n) is 7.40. The number of nitrogens with two attached hydrogens (primary N) is 2. The molecule has 154 valence electrons. The fourth-order valence-corrected chi connectivity index (χ4v) is 3.07. The second-order valence-corrected chi connectivity index (χ2v) is 7.40. The number of nitrogens with zero attached hydrogens (tertiary/aromatic N) is 3. The minimum atomic E-state index is -2.68. The Morgan fingerprint density at radius 3 is 2.93 bits per heavy atom. The van der Waals surface area contributed by atoms with Gasteiger partial charge >= 0.3 is 5.97 Å². The van der Waals surface area contributed by atoms with Gasteiger partial charge in [-0.05, 0) is 12.8 Å². The molecule has 0 aliphatic carbocycles. The van der Waals surface area contributed by atoms with Gasteiger partial charge in [0.25, 0.3) is 11.4 Å². The van der Waals surface area contributed by atoms with Crippen LogP contribution in [0.2, 0.25) is 0 Å². The summed E-state index contributed by atoms with van der Waals surface area (Å²) in [5.41, 5.74) is 9.28. The van der Waals surface area contributed by atoms with Gasteiger partial charge in [0.1, 0.15) is 12.1 Å². The monoisotopic (exact) mass is 398 g/mol. The van der Waals surface area contributed by atoms with Gasteiger partial charge in [0.2, 0.25) is 5.95 Å². The third kappa shape index (κ3) is 3.34. The van der Waals surface area contributed by atoms with E-state index in [0.29, 0.717) is 0 Å². The molecule has 1 aliphatic rings. The van der Waals surface area contributed by atoms with E-state index in [1.807, 2.05) is 0 Å². The number of hydrogen-bond donors (Lipinski definition) is 4. The topological polar surface area (TPSA) is 171 Å². The Morgan fingerprint density at radius 1 is 1.61 bits per heavy atom. The van der Waals surface area contributed by atoms with Crippen LogP contribution in [0.4, 0.5) is 10.3 Å². The molecule has 6 N–H and O–H groups in total. The van der Waals surface area contributed by atoms with E-state index in [-0.39, 0.29) is 29.5 Å². The number of carbonyl (C=O) groups excluding carboxylic acids is 1. The Bertz CT molecular complexity index is 961. The molecule has 0 saturated carbocycles. The fraction of sp³-hybridized carbons (Fsp3) is 0.625. The largest absolute Gasteiger partial charge is 0.458 e. The number of ether oxygens (including phenoxy) is 2. The van der Waals surface area contributed by atoms with E-state index >= 15 is 4.39 Å². The lowest BCUT2D eigenvalue weighted by Crippen LogP contribution is -2.44. The lowest BCUT2D eigenvalue weighted by Gasteiger charge is -2.29. The standard InChI is InChI=1S/C16H23FN6O5/c1-7(2)9(18)13(26)27-5-16(17)8(24)4-15(3,28-16)23-6-20-10-11(23)21-14(19)22-12(10)25/h6-9,24H,4-5,18H2,1-3H3,(H3,19,21,22,25)/t8-,9-,15+,16+/m0/s1. The highest BCUT2D eigenvalue weighted by Crippen LogP contribution is 2.43. The third-order valence-electron chi connectivity index (χ3n) is 4.80. The summed E-state index contributed by atoms with van der Waals surface area (Å²) in [6.45, 7) is 4.09. The highest BCUT2D eigenvalue weighted by molar-refractivity contribution is 5.75. The number of H-pyrrole nitrogens is 1. The van der Waals surface area contributed by atoms with Crippen molar-refractivity contribution in [1.82, 2.24) is 19.5 Å². The number of anilines is 1. The predicted molar refractivity (Wildman–Crippen MR) is 95.5 cm³/mol. The molecule has 2 aromatic rings. The molecular formula is C16H23FN6O5. The maximum atomic E-state index is 15.2. The molecule has 4 atom stereocenters. The summed E-state index contributed by atoms with van der Waals surface area (Å²) in [5, 5.41) is 10.3. The molecule has 3 heterocycles. The van der Waals surface area contributed by atoms with Crippen LogP contribution < -0.4 is 17.0 Å². The molecule has 0 amide bonds. The summed E-state index contributed by atoms with van der Waals surface area (Å²) < 4.78 is 26.9. The smallest absolute Gasteiger partial charge is 0.323 e. The number of aliphatic hydroxyl groups excluding tert-OH is 1. The summed E-state index contributed by atoms with van der Waals surface area (Å²) in [4.78, 5) is 34.1. The van der Waals surface area contributed by atoms with E-state index in [0.717, 1.165) is 0 Å². The van der Waals surface area contributed by atoms with Gasteiger partial charge < -0.3 is 26.0 Å². The van der Waals surface area contributed by atoms with Crippen molar-refractivity contribution in [2.45, 2.75) is 50.9 Å². The van der Waals surface area contributed by atoms with E-state index in [1.165, 1.54) is 17.8 Å². The first kappa shape index (κ1) is 20.2. The zero-order valence-electron chi connectivity index (χ0n) is 15.7. The number of hydrogen-bond acceptors (Lipinski definition) is 9. The van der Waals surface area contributed by atoms with Crippen molar-refractivity contribution in [3.63, 3.8) is 0 Å². The van der Waals surface area contributed by atoms with E-state index in [1.54, 1.807) is 13.8 Å². The maximum absolute atomic E-state index is 15.2. The highest BCUT2D eigenvalue weighted by Gasteiger charge is 2.57.